The first-order chi connectivity index (χ1) is 10.2. The lowest BCUT2D eigenvalue weighted by Gasteiger charge is -2.21. The van der Waals surface area contributed by atoms with Crippen molar-refractivity contribution in [2.45, 2.75) is 32.1 Å². The topological polar surface area (TPSA) is 42.0 Å². The number of pyridine rings is 1. The zero-order valence-corrected chi connectivity index (χ0v) is 12.7. The van der Waals surface area contributed by atoms with Crippen molar-refractivity contribution in [1.29, 1.82) is 0 Å². The van der Waals surface area contributed by atoms with Gasteiger partial charge in [0.2, 0.25) is 0 Å². The molecule has 1 aliphatic rings. The van der Waals surface area contributed by atoms with E-state index < -0.39 is 0 Å². The number of carbonyl (C=O) groups is 1. The maximum absolute atomic E-state index is 12.3. The molecular weight excluding hydrogens is 284 g/mol. The molecule has 4 heteroatoms. The molecule has 1 N–H and O–H groups in total. The van der Waals surface area contributed by atoms with E-state index in [-0.39, 0.29) is 5.91 Å². The van der Waals surface area contributed by atoms with Gasteiger partial charge in [-0.1, -0.05) is 55.1 Å². The molecule has 0 atom stereocenters. The van der Waals surface area contributed by atoms with Crippen LogP contribution < -0.4 is 5.32 Å². The number of benzene rings is 1. The van der Waals surface area contributed by atoms with Crippen LogP contribution in [0.3, 0.4) is 0 Å². The Kier molecular flexibility index (Phi) is 4.39. The van der Waals surface area contributed by atoms with E-state index in [0.29, 0.717) is 16.8 Å². The molecule has 2 aromatic rings. The number of hydrogen-bond acceptors (Lipinski definition) is 2. The van der Waals surface area contributed by atoms with Gasteiger partial charge in [0.1, 0.15) is 10.8 Å². The third-order valence-corrected chi connectivity index (χ3v) is 4.49. The van der Waals surface area contributed by atoms with Gasteiger partial charge in [0.15, 0.2) is 0 Å². The summed E-state index contributed by atoms with van der Waals surface area (Å²) < 4.78 is 0. The van der Waals surface area contributed by atoms with Crippen LogP contribution in [0.2, 0.25) is 5.15 Å². The molecule has 1 heterocycles. The Bertz CT molecular complexity index is 650. The number of nitrogens with zero attached hydrogens (tertiary/aromatic N) is 1. The molecule has 1 saturated carbocycles. The highest BCUT2D eigenvalue weighted by Gasteiger charge is 2.16. The van der Waals surface area contributed by atoms with Gasteiger partial charge in [-0.3, -0.25) is 4.79 Å². The number of rotatable bonds is 3. The maximum Gasteiger partial charge on any atom is 0.269 e. The number of carbonyl (C=O) groups excluding carboxylic acids is 1. The molecule has 110 valence electrons. The number of hydrogen-bond donors (Lipinski definition) is 1. The number of nitrogens with one attached hydrogen (secondary N) is 1. The normalized spacial score (nSPS) is 16.0. The first-order valence-electron chi connectivity index (χ1n) is 7.57. The summed E-state index contributed by atoms with van der Waals surface area (Å²) in [6.07, 6.45) is 6.31. The number of halogens is 1. The minimum Gasteiger partial charge on any atom is -0.350 e. The van der Waals surface area contributed by atoms with Gasteiger partial charge in [0, 0.05) is 11.9 Å². The first-order valence-corrected chi connectivity index (χ1v) is 7.95. The third kappa shape index (κ3) is 3.35. The van der Waals surface area contributed by atoms with Gasteiger partial charge in [-0.05, 0) is 30.2 Å². The minimum absolute atomic E-state index is 0.131. The summed E-state index contributed by atoms with van der Waals surface area (Å²) in [6.45, 7) is 0.741. The summed E-state index contributed by atoms with van der Waals surface area (Å²) >= 11 is 6.16. The zero-order valence-electron chi connectivity index (χ0n) is 11.9. The van der Waals surface area contributed by atoms with Gasteiger partial charge in [-0.25, -0.2) is 4.98 Å². The number of aromatic nitrogens is 1. The van der Waals surface area contributed by atoms with E-state index in [4.69, 9.17) is 11.6 Å². The quantitative estimate of drug-likeness (QED) is 0.863. The van der Waals surface area contributed by atoms with Crippen LogP contribution in [0.15, 0.2) is 30.3 Å². The Morgan fingerprint density at radius 3 is 2.81 bits per heavy atom. The molecule has 0 unspecified atom stereocenters. The van der Waals surface area contributed by atoms with Crippen LogP contribution in [-0.2, 0) is 0 Å². The minimum atomic E-state index is -0.131. The van der Waals surface area contributed by atoms with Crippen LogP contribution in [0.4, 0.5) is 0 Å². The predicted molar refractivity (Wildman–Crippen MR) is 85.7 cm³/mol. The summed E-state index contributed by atoms with van der Waals surface area (Å²) in [6, 6.07) is 9.51. The lowest BCUT2D eigenvalue weighted by molar-refractivity contribution is 0.0939. The van der Waals surface area contributed by atoms with E-state index >= 15 is 0 Å². The molecule has 1 fully saturated rings. The Hall–Kier alpha value is -1.61. The van der Waals surface area contributed by atoms with Gasteiger partial charge in [-0.2, -0.15) is 0 Å². The number of amides is 1. The second-order valence-electron chi connectivity index (χ2n) is 5.73. The standard InChI is InChI=1S/C17H19ClN2O/c18-16-14-9-5-4-8-13(14)10-15(20-16)17(21)19-11-12-6-2-1-3-7-12/h4-5,8-10,12H,1-3,6-7,11H2,(H,19,21). The van der Waals surface area contributed by atoms with Crippen LogP contribution in [0.1, 0.15) is 42.6 Å². The van der Waals surface area contributed by atoms with Crippen molar-refractivity contribution in [3.63, 3.8) is 0 Å². The van der Waals surface area contributed by atoms with Crippen LogP contribution in [0.5, 0.6) is 0 Å². The van der Waals surface area contributed by atoms with Gasteiger partial charge in [-0.15, -0.1) is 0 Å². The average molecular weight is 303 g/mol. The van der Waals surface area contributed by atoms with Crippen LogP contribution in [-0.4, -0.2) is 17.4 Å². The molecule has 3 nitrogen and oxygen atoms in total. The molecule has 0 radical (unpaired) electrons. The van der Waals surface area contributed by atoms with Crippen molar-refractivity contribution in [3.05, 3.63) is 41.2 Å². The second-order valence-corrected chi connectivity index (χ2v) is 6.09. The molecule has 1 aromatic heterocycles. The molecule has 0 aliphatic heterocycles. The van der Waals surface area contributed by atoms with Crippen LogP contribution >= 0.6 is 11.6 Å². The van der Waals surface area contributed by atoms with E-state index in [2.05, 4.69) is 10.3 Å². The van der Waals surface area contributed by atoms with E-state index in [0.717, 1.165) is 17.3 Å². The van der Waals surface area contributed by atoms with Gasteiger partial charge < -0.3 is 5.32 Å². The van der Waals surface area contributed by atoms with Gasteiger partial charge >= 0.3 is 0 Å². The van der Waals surface area contributed by atoms with Gasteiger partial charge in [0.05, 0.1) is 0 Å². The monoisotopic (exact) mass is 302 g/mol. The van der Waals surface area contributed by atoms with Gasteiger partial charge in [0.25, 0.3) is 5.91 Å². The Morgan fingerprint density at radius 1 is 1.24 bits per heavy atom. The SMILES string of the molecule is O=C(NCC1CCCCC1)c1cc2ccccc2c(Cl)n1. The fraction of sp³-hybridized carbons (Fsp3) is 0.412. The Morgan fingerprint density at radius 2 is 2.00 bits per heavy atom. The van der Waals surface area contributed by atoms with E-state index in [9.17, 15) is 4.79 Å². The van der Waals surface area contributed by atoms with Crippen LogP contribution in [0, 0.1) is 5.92 Å². The largest absolute Gasteiger partial charge is 0.350 e. The van der Waals surface area contributed by atoms with Crippen LogP contribution in [0.25, 0.3) is 10.8 Å². The average Bonchev–Trinajstić information content (AvgIpc) is 2.53. The zero-order chi connectivity index (χ0) is 14.7. The molecule has 1 aromatic carbocycles. The first kappa shape index (κ1) is 14.3. The van der Waals surface area contributed by atoms with Crippen molar-refractivity contribution in [1.82, 2.24) is 10.3 Å². The smallest absolute Gasteiger partial charge is 0.269 e. The van der Waals surface area contributed by atoms with E-state index in [1.54, 1.807) is 6.07 Å². The lowest BCUT2D eigenvalue weighted by Crippen LogP contribution is -2.30. The summed E-state index contributed by atoms with van der Waals surface area (Å²) in [4.78, 5) is 16.5. The maximum atomic E-state index is 12.3. The molecule has 0 spiro atoms. The van der Waals surface area contributed by atoms with Crippen molar-refractivity contribution in [2.75, 3.05) is 6.54 Å². The van der Waals surface area contributed by atoms with E-state index in [1.165, 1.54) is 32.1 Å². The highest BCUT2D eigenvalue weighted by Crippen LogP contribution is 2.24. The molecule has 0 saturated heterocycles. The Labute approximate surface area is 129 Å². The second kappa shape index (κ2) is 6.44. The highest BCUT2D eigenvalue weighted by molar-refractivity contribution is 6.34. The van der Waals surface area contributed by atoms with Crippen molar-refractivity contribution < 1.29 is 4.79 Å². The predicted octanol–water partition coefficient (Wildman–Crippen LogP) is 4.20. The molecule has 1 aliphatic carbocycles. The molecule has 0 bridgehead atoms. The fourth-order valence-corrected chi connectivity index (χ4v) is 3.25. The molecular formula is C17H19ClN2O. The summed E-state index contributed by atoms with van der Waals surface area (Å²) in [7, 11) is 0. The summed E-state index contributed by atoms with van der Waals surface area (Å²) in [5, 5.41) is 5.21. The highest BCUT2D eigenvalue weighted by atomic mass is 35.5. The molecule has 21 heavy (non-hydrogen) atoms. The summed E-state index contributed by atoms with van der Waals surface area (Å²) in [5.74, 6) is 0.479. The number of fused-ring (bicyclic) bond motifs is 1. The van der Waals surface area contributed by atoms with E-state index in [1.807, 2.05) is 24.3 Å². The lowest BCUT2D eigenvalue weighted by atomic mass is 9.89. The van der Waals surface area contributed by atoms with Crippen molar-refractivity contribution >= 4 is 28.3 Å². The van der Waals surface area contributed by atoms with Crippen molar-refractivity contribution in [3.8, 4) is 0 Å². The summed E-state index contributed by atoms with van der Waals surface area (Å²) in [5.41, 5.74) is 0.398. The molecule has 1 amide bonds. The Balaban J connectivity index is 1.72. The van der Waals surface area contributed by atoms with Crippen molar-refractivity contribution in [2.24, 2.45) is 5.92 Å². The third-order valence-electron chi connectivity index (χ3n) is 4.20. The molecule has 3 rings (SSSR count). The fourth-order valence-electron chi connectivity index (χ4n) is 2.99.